The van der Waals surface area contributed by atoms with E-state index in [1.54, 1.807) is 42.5 Å². The minimum atomic E-state index is -0.482. The Kier molecular flexibility index (Phi) is 7.14. The number of carbonyl (C=O) groups excluding carboxylic acids is 3. The number of anilines is 2. The molecule has 0 aliphatic rings. The highest BCUT2D eigenvalue weighted by molar-refractivity contribution is 5.98. The van der Waals surface area contributed by atoms with Gasteiger partial charge in [0.05, 0.1) is 31.0 Å². The molecule has 0 heterocycles. The molecule has 2 rings (SSSR count). The Hall–Kier alpha value is -3.35. The van der Waals surface area contributed by atoms with Crippen LogP contribution in [0.5, 0.6) is 5.75 Å². The zero-order chi connectivity index (χ0) is 20.7. The summed E-state index contributed by atoms with van der Waals surface area (Å²) in [7, 11) is 1.30. The molecule has 0 bridgehead atoms. The van der Waals surface area contributed by atoms with Crippen molar-refractivity contribution in [2.24, 2.45) is 0 Å². The van der Waals surface area contributed by atoms with E-state index in [4.69, 9.17) is 9.47 Å². The van der Waals surface area contributed by atoms with E-state index in [9.17, 15) is 14.4 Å². The molecule has 0 aromatic heterocycles. The standard InChI is InChI=1S/C21H24N2O5/c1-13(2)28-19-9-8-16(21(26)27-4)11-18(19)22-12-20(25)23-17-7-5-6-15(10-17)14(3)24/h5-11,13,22H,12H2,1-4H3,(H,23,25). The number of ketones is 1. The molecule has 0 saturated carbocycles. The second-order valence-electron chi connectivity index (χ2n) is 6.41. The number of amides is 1. The third-order valence-corrected chi connectivity index (χ3v) is 3.76. The Morgan fingerprint density at radius 3 is 2.43 bits per heavy atom. The number of hydrogen-bond donors (Lipinski definition) is 2. The fraction of sp³-hybridized carbons (Fsp3) is 0.286. The zero-order valence-electron chi connectivity index (χ0n) is 16.4. The van der Waals surface area contributed by atoms with Crippen LogP contribution in [0.1, 0.15) is 41.5 Å². The first-order valence-electron chi connectivity index (χ1n) is 8.84. The predicted octanol–water partition coefficient (Wildman–Crippen LogP) is 3.51. The Morgan fingerprint density at radius 2 is 1.79 bits per heavy atom. The molecule has 0 fully saturated rings. The quantitative estimate of drug-likeness (QED) is 0.534. The van der Waals surface area contributed by atoms with Gasteiger partial charge in [0.2, 0.25) is 5.91 Å². The Bertz CT molecular complexity index is 877. The molecule has 2 N–H and O–H groups in total. The molecule has 0 radical (unpaired) electrons. The number of esters is 1. The average molecular weight is 384 g/mol. The molecule has 148 valence electrons. The van der Waals surface area contributed by atoms with Crippen LogP contribution in [-0.2, 0) is 9.53 Å². The molecule has 7 heteroatoms. The van der Waals surface area contributed by atoms with Crippen molar-refractivity contribution in [3.8, 4) is 5.75 Å². The average Bonchev–Trinajstić information content (AvgIpc) is 2.66. The third kappa shape index (κ3) is 5.84. The van der Waals surface area contributed by atoms with E-state index in [1.807, 2.05) is 13.8 Å². The molecule has 1 amide bonds. The van der Waals surface area contributed by atoms with Crippen molar-refractivity contribution in [1.29, 1.82) is 0 Å². The van der Waals surface area contributed by atoms with E-state index in [0.717, 1.165) is 0 Å². The van der Waals surface area contributed by atoms with Gasteiger partial charge < -0.3 is 20.1 Å². The van der Waals surface area contributed by atoms with Gasteiger partial charge in [0, 0.05) is 11.3 Å². The number of hydrogen-bond acceptors (Lipinski definition) is 6. The zero-order valence-corrected chi connectivity index (χ0v) is 16.4. The van der Waals surface area contributed by atoms with Crippen molar-refractivity contribution < 1.29 is 23.9 Å². The highest BCUT2D eigenvalue weighted by Crippen LogP contribution is 2.27. The maximum absolute atomic E-state index is 12.3. The summed E-state index contributed by atoms with van der Waals surface area (Å²) in [5.74, 6) is -0.345. The molecular weight excluding hydrogens is 360 g/mol. The SMILES string of the molecule is COC(=O)c1ccc(OC(C)C)c(NCC(=O)Nc2cccc(C(C)=O)c2)c1. The van der Waals surface area contributed by atoms with E-state index >= 15 is 0 Å². The largest absolute Gasteiger partial charge is 0.489 e. The monoisotopic (exact) mass is 384 g/mol. The van der Waals surface area contributed by atoms with Gasteiger partial charge in [-0.3, -0.25) is 9.59 Å². The molecule has 0 aliphatic carbocycles. The highest BCUT2D eigenvalue weighted by Gasteiger charge is 2.13. The molecule has 7 nitrogen and oxygen atoms in total. The van der Waals surface area contributed by atoms with E-state index < -0.39 is 5.97 Å². The number of carbonyl (C=O) groups is 3. The summed E-state index contributed by atoms with van der Waals surface area (Å²) in [6, 6.07) is 11.5. The maximum atomic E-state index is 12.3. The number of rotatable bonds is 8. The van der Waals surface area contributed by atoms with Crippen LogP contribution < -0.4 is 15.4 Å². The third-order valence-electron chi connectivity index (χ3n) is 3.76. The lowest BCUT2D eigenvalue weighted by atomic mass is 10.1. The Balaban J connectivity index is 2.11. The van der Waals surface area contributed by atoms with Gasteiger partial charge in [-0.25, -0.2) is 4.79 Å². The normalized spacial score (nSPS) is 10.3. The summed E-state index contributed by atoms with van der Waals surface area (Å²) >= 11 is 0. The summed E-state index contributed by atoms with van der Waals surface area (Å²) in [4.78, 5) is 35.5. The van der Waals surface area contributed by atoms with Crippen LogP contribution >= 0.6 is 0 Å². The van der Waals surface area contributed by atoms with Gasteiger partial charge in [-0.15, -0.1) is 0 Å². The van der Waals surface area contributed by atoms with Crippen molar-refractivity contribution in [2.45, 2.75) is 26.9 Å². The van der Waals surface area contributed by atoms with Crippen LogP contribution in [0, 0.1) is 0 Å². The van der Waals surface area contributed by atoms with Gasteiger partial charge in [0.1, 0.15) is 5.75 Å². The van der Waals surface area contributed by atoms with Crippen LogP contribution in [-0.4, -0.2) is 37.4 Å². The lowest BCUT2D eigenvalue weighted by Crippen LogP contribution is -2.22. The maximum Gasteiger partial charge on any atom is 0.337 e. The Labute approximate surface area is 164 Å². The van der Waals surface area contributed by atoms with E-state index in [1.165, 1.54) is 14.0 Å². The van der Waals surface area contributed by atoms with E-state index in [-0.39, 0.29) is 24.3 Å². The molecule has 0 atom stereocenters. The fourth-order valence-corrected chi connectivity index (χ4v) is 2.47. The van der Waals surface area contributed by atoms with Gasteiger partial charge in [0.25, 0.3) is 0 Å². The minimum Gasteiger partial charge on any atom is -0.489 e. The molecule has 0 unspecified atom stereocenters. The van der Waals surface area contributed by atoms with Gasteiger partial charge in [-0.05, 0) is 51.1 Å². The van der Waals surface area contributed by atoms with Crippen molar-refractivity contribution in [3.05, 3.63) is 53.6 Å². The van der Waals surface area contributed by atoms with Gasteiger partial charge in [-0.1, -0.05) is 12.1 Å². The summed E-state index contributed by atoms with van der Waals surface area (Å²) in [5.41, 5.74) is 1.89. The number of Topliss-reactive ketones (excluding diaryl/α,β-unsaturated/α-hetero) is 1. The first-order valence-corrected chi connectivity index (χ1v) is 8.84. The van der Waals surface area contributed by atoms with Crippen molar-refractivity contribution in [3.63, 3.8) is 0 Å². The molecule has 2 aromatic rings. The van der Waals surface area contributed by atoms with E-state index in [0.29, 0.717) is 28.3 Å². The second kappa shape index (κ2) is 9.55. The first-order chi connectivity index (χ1) is 13.3. The molecule has 28 heavy (non-hydrogen) atoms. The lowest BCUT2D eigenvalue weighted by Gasteiger charge is -2.16. The van der Waals surface area contributed by atoms with Crippen LogP contribution in [0.4, 0.5) is 11.4 Å². The second-order valence-corrected chi connectivity index (χ2v) is 6.41. The number of methoxy groups -OCH3 is 1. The topological polar surface area (TPSA) is 93.7 Å². The molecule has 0 aliphatic heterocycles. The summed E-state index contributed by atoms with van der Waals surface area (Å²) in [6.45, 7) is 5.18. The molecule has 2 aromatic carbocycles. The van der Waals surface area contributed by atoms with Crippen LogP contribution in [0.25, 0.3) is 0 Å². The van der Waals surface area contributed by atoms with Gasteiger partial charge >= 0.3 is 5.97 Å². The van der Waals surface area contributed by atoms with Gasteiger partial charge in [0.15, 0.2) is 5.78 Å². The predicted molar refractivity (Wildman–Crippen MR) is 107 cm³/mol. The fourth-order valence-electron chi connectivity index (χ4n) is 2.47. The van der Waals surface area contributed by atoms with E-state index in [2.05, 4.69) is 10.6 Å². The summed E-state index contributed by atoms with van der Waals surface area (Å²) < 4.78 is 10.5. The van der Waals surface area contributed by atoms with Crippen molar-refractivity contribution >= 4 is 29.0 Å². The summed E-state index contributed by atoms with van der Waals surface area (Å²) in [6.07, 6.45) is -0.0762. The van der Waals surface area contributed by atoms with Crippen LogP contribution in [0.2, 0.25) is 0 Å². The molecule has 0 spiro atoms. The van der Waals surface area contributed by atoms with Crippen molar-refractivity contribution in [1.82, 2.24) is 0 Å². The summed E-state index contributed by atoms with van der Waals surface area (Å²) in [5, 5.41) is 5.71. The minimum absolute atomic E-state index is 0.0522. The molecular formula is C21H24N2O5. The molecule has 0 saturated heterocycles. The van der Waals surface area contributed by atoms with Crippen LogP contribution in [0.3, 0.4) is 0 Å². The van der Waals surface area contributed by atoms with Crippen LogP contribution in [0.15, 0.2) is 42.5 Å². The van der Waals surface area contributed by atoms with Crippen molar-refractivity contribution in [2.75, 3.05) is 24.3 Å². The number of nitrogens with one attached hydrogen (secondary N) is 2. The van der Waals surface area contributed by atoms with Gasteiger partial charge in [-0.2, -0.15) is 0 Å². The number of benzene rings is 2. The highest BCUT2D eigenvalue weighted by atomic mass is 16.5. The Morgan fingerprint density at radius 1 is 1.04 bits per heavy atom. The first kappa shape index (κ1) is 21.0. The number of ether oxygens (including phenoxy) is 2. The smallest absolute Gasteiger partial charge is 0.337 e. The lowest BCUT2D eigenvalue weighted by molar-refractivity contribution is -0.114.